The van der Waals surface area contributed by atoms with Crippen LogP contribution in [0.15, 0.2) is 29.8 Å². The minimum atomic E-state index is -0.750. The SMILES string of the molecule is CCOc1cccc(C2/C(=C(\O)c3c(C)nn(C)c3C)C(=O)C(=O)N2CCOC)c1. The largest absolute Gasteiger partial charge is 0.507 e. The summed E-state index contributed by atoms with van der Waals surface area (Å²) < 4.78 is 12.4. The summed E-state index contributed by atoms with van der Waals surface area (Å²) in [5.41, 5.74) is 2.47. The smallest absolute Gasteiger partial charge is 0.295 e. The van der Waals surface area contributed by atoms with Gasteiger partial charge in [0.05, 0.1) is 36.1 Å². The highest BCUT2D eigenvalue weighted by Crippen LogP contribution is 2.40. The van der Waals surface area contributed by atoms with Crippen molar-refractivity contribution in [3.05, 3.63) is 52.4 Å². The van der Waals surface area contributed by atoms with Crippen LogP contribution >= 0.6 is 0 Å². The van der Waals surface area contributed by atoms with Crippen LogP contribution in [0.3, 0.4) is 0 Å². The molecule has 1 aromatic carbocycles. The Balaban J connectivity index is 2.21. The maximum atomic E-state index is 13.0. The second-order valence-corrected chi connectivity index (χ2v) is 7.16. The summed E-state index contributed by atoms with van der Waals surface area (Å²) in [6, 6.07) is 6.46. The summed E-state index contributed by atoms with van der Waals surface area (Å²) in [6.07, 6.45) is 0. The van der Waals surface area contributed by atoms with Crippen LogP contribution < -0.4 is 4.74 Å². The van der Waals surface area contributed by atoms with Gasteiger partial charge in [0.2, 0.25) is 0 Å². The molecule has 1 saturated heterocycles. The van der Waals surface area contributed by atoms with Crippen LogP contribution in [0, 0.1) is 13.8 Å². The molecule has 2 heterocycles. The summed E-state index contributed by atoms with van der Waals surface area (Å²) in [5.74, 6) is -0.984. The van der Waals surface area contributed by atoms with Crippen LogP contribution in [0.25, 0.3) is 5.76 Å². The standard InChI is InChI=1S/C22H27N3O5/c1-6-30-16-9-7-8-15(12-16)19-18(21(27)22(28)25(19)10-11-29-5)20(26)17-13(2)23-24(4)14(17)3/h7-9,12,19,26H,6,10-11H2,1-5H3/b20-18+. The fourth-order valence-corrected chi connectivity index (χ4v) is 3.84. The first kappa shape index (κ1) is 21.6. The normalized spacial score (nSPS) is 18.3. The number of aromatic nitrogens is 2. The van der Waals surface area contributed by atoms with E-state index < -0.39 is 17.7 Å². The topological polar surface area (TPSA) is 93.9 Å². The Kier molecular flexibility index (Phi) is 6.26. The third-order valence-corrected chi connectivity index (χ3v) is 5.31. The zero-order valence-corrected chi connectivity index (χ0v) is 17.9. The molecule has 1 amide bonds. The molecule has 1 N–H and O–H groups in total. The third kappa shape index (κ3) is 3.70. The van der Waals surface area contributed by atoms with E-state index in [1.807, 2.05) is 19.1 Å². The Morgan fingerprint density at radius 2 is 2.00 bits per heavy atom. The van der Waals surface area contributed by atoms with Crippen LogP contribution in [-0.4, -0.2) is 58.3 Å². The number of rotatable bonds is 7. The molecule has 1 fully saturated rings. The van der Waals surface area contributed by atoms with Crippen LogP contribution in [0.4, 0.5) is 0 Å². The Labute approximate surface area is 175 Å². The highest BCUT2D eigenvalue weighted by Gasteiger charge is 2.46. The highest BCUT2D eigenvalue weighted by molar-refractivity contribution is 6.46. The molecule has 1 aromatic heterocycles. The van der Waals surface area contributed by atoms with Gasteiger partial charge < -0.3 is 19.5 Å². The van der Waals surface area contributed by atoms with Crippen molar-refractivity contribution < 1.29 is 24.2 Å². The van der Waals surface area contributed by atoms with Crippen LogP contribution in [-0.2, 0) is 21.4 Å². The number of hydrogen-bond donors (Lipinski definition) is 1. The molecule has 1 aliphatic rings. The molecule has 0 radical (unpaired) electrons. The molecule has 160 valence electrons. The van der Waals surface area contributed by atoms with Crippen LogP contribution in [0.1, 0.15) is 35.5 Å². The summed E-state index contributed by atoms with van der Waals surface area (Å²) in [5, 5.41) is 15.5. The molecule has 2 aromatic rings. The minimum absolute atomic E-state index is 0.0453. The summed E-state index contributed by atoms with van der Waals surface area (Å²) in [4.78, 5) is 27.3. The van der Waals surface area contributed by atoms with Crippen molar-refractivity contribution >= 4 is 17.4 Å². The van der Waals surface area contributed by atoms with Crippen molar-refractivity contribution in [1.29, 1.82) is 0 Å². The zero-order valence-electron chi connectivity index (χ0n) is 17.9. The van der Waals surface area contributed by atoms with Crippen molar-refractivity contribution in [3.8, 4) is 5.75 Å². The third-order valence-electron chi connectivity index (χ3n) is 5.31. The highest BCUT2D eigenvalue weighted by atomic mass is 16.5. The van der Waals surface area contributed by atoms with Crippen LogP contribution in [0.2, 0.25) is 0 Å². The van der Waals surface area contributed by atoms with E-state index in [9.17, 15) is 14.7 Å². The van der Waals surface area contributed by atoms with Gasteiger partial charge in [-0.3, -0.25) is 14.3 Å². The molecule has 0 bridgehead atoms. The lowest BCUT2D eigenvalue weighted by Crippen LogP contribution is -2.32. The van der Waals surface area contributed by atoms with Gasteiger partial charge in [-0.2, -0.15) is 5.10 Å². The molecule has 1 unspecified atom stereocenters. The number of Topliss-reactive ketones (excluding diaryl/α,β-unsaturated/α-hetero) is 1. The average molecular weight is 413 g/mol. The Bertz CT molecular complexity index is 1010. The summed E-state index contributed by atoms with van der Waals surface area (Å²) in [7, 11) is 3.29. The fourth-order valence-electron chi connectivity index (χ4n) is 3.84. The van der Waals surface area contributed by atoms with Gasteiger partial charge in [0.15, 0.2) is 0 Å². The number of ketones is 1. The molecule has 1 aliphatic heterocycles. The van der Waals surface area contributed by atoms with Crippen molar-refractivity contribution in [2.24, 2.45) is 7.05 Å². The number of benzene rings is 1. The lowest BCUT2D eigenvalue weighted by Gasteiger charge is -2.25. The maximum absolute atomic E-state index is 13.0. The van der Waals surface area contributed by atoms with Crippen molar-refractivity contribution in [3.63, 3.8) is 0 Å². The average Bonchev–Trinajstić information content (AvgIpc) is 3.12. The van der Waals surface area contributed by atoms with E-state index in [4.69, 9.17) is 9.47 Å². The number of aryl methyl sites for hydroxylation is 2. The van der Waals surface area contributed by atoms with Gasteiger partial charge in [0, 0.05) is 26.4 Å². The second kappa shape index (κ2) is 8.71. The summed E-state index contributed by atoms with van der Waals surface area (Å²) in [6.45, 7) is 6.41. The molecule has 0 saturated carbocycles. The number of carbonyl (C=O) groups excluding carboxylic acids is 2. The number of hydrogen-bond acceptors (Lipinski definition) is 6. The second-order valence-electron chi connectivity index (χ2n) is 7.16. The van der Waals surface area contributed by atoms with E-state index in [0.717, 1.165) is 0 Å². The lowest BCUT2D eigenvalue weighted by atomic mass is 9.94. The number of amides is 1. The van der Waals surface area contributed by atoms with Crippen molar-refractivity contribution in [1.82, 2.24) is 14.7 Å². The first-order valence-electron chi connectivity index (χ1n) is 9.82. The fraction of sp³-hybridized carbons (Fsp3) is 0.409. The van der Waals surface area contributed by atoms with Gasteiger partial charge in [0.25, 0.3) is 11.7 Å². The molecule has 0 aliphatic carbocycles. The molecular weight excluding hydrogens is 386 g/mol. The predicted octanol–water partition coefficient (Wildman–Crippen LogP) is 2.50. The quantitative estimate of drug-likeness (QED) is 0.426. The Hall–Kier alpha value is -3.13. The van der Waals surface area contributed by atoms with Gasteiger partial charge in [-0.1, -0.05) is 12.1 Å². The molecule has 30 heavy (non-hydrogen) atoms. The number of methoxy groups -OCH3 is 1. The summed E-state index contributed by atoms with van der Waals surface area (Å²) >= 11 is 0. The molecule has 8 heteroatoms. The van der Waals surface area contributed by atoms with E-state index in [1.54, 1.807) is 37.7 Å². The Morgan fingerprint density at radius 3 is 2.60 bits per heavy atom. The van der Waals surface area contributed by atoms with Crippen molar-refractivity contribution in [2.75, 3.05) is 26.9 Å². The maximum Gasteiger partial charge on any atom is 0.295 e. The monoisotopic (exact) mass is 413 g/mol. The van der Waals surface area contributed by atoms with Gasteiger partial charge in [-0.15, -0.1) is 0 Å². The minimum Gasteiger partial charge on any atom is -0.507 e. The molecule has 8 nitrogen and oxygen atoms in total. The van der Waals surface area contributed by atoms with E-state index in [-0.39, 0.29) is 24.5 Å². The molecule has 0 spiro atoms. The first-order chi connectivity index (χ1) is 14.3. The van der Waals surface area contributed by atoms with Gasteiger partial charge >= 0.3 is 0 Å². The zero-order chi connectivity index (χ0) is 22.0. The van der Waals surface area contributed by atoms with E-state index in [2.05, 4.69) is 5.10 Å². The predicted molar refractivity (Wildman–Crippen MR) is 111 cm³/mol. The number of likely N-dealkylation sites (tertiary alicyclic amines) is 1. The van der Waals surface area contributed by atoms with Gasteiger partial charge in [-0.05, 0) is 38.5 Å². The van der Waals surface area contributed by atoms with E-state index in [0.29, 0.717) is 34.9 Å². The van der Waals surface area contributed by atoms with E-state index >= 15 is 0 Å². The van der Waals surface area contributed by atoms with Gasteiger partial charge in [-0.25, -0.2) is 0 Å². The number of nitrogens with zero attached hydrogens (tertiary/aromatic N) is 3. The first-order valence-corrected chi connectivity index (χ1v) is 9.82. The molecular formula is C22H27N3O5. The van der Waals surface area contributed by atoms with Crippen molar-refractivity contribution in [2.45, 2.75) is 26.8 Å². The number of aliphatic hydroxyl groups is 1. The number of carbonyl (C=O) groups is 2. The van der Waals surface area contributed by atoms with E-state index in [1.165, 1.54) is 12.0 Å². The van der Waals surface area contributed by atoms with Crippen LogP contribution in [0.5, 0.6) is 5.75 Å². The number of aliphatic hydroxyl groups excluding tert-OH is 1. The molecule has 3 rings (SSSR count). The Morgan fingerprint density at radius 1 is 1.27 bits per heavy atom. The lowest BCUT2D eigenvalue weighted by molar-refractivity contribution is -0.140. The van der Waals surface area contributed by atoms with Gasteiger partial charge in [0.1, 0.15) is 11.5 Å². The molecule has 1 atom stereocenters. The number of ether oxygens (including phenoxy) is 2.